The van der Waals surface area contributed by atoms with Crippen molar-refractivity contribution in [3.63, 3.8) is 0 Å². The number of amides is 2. The molecule has 42 heavy (non-hydrogen) atoms. The van der Waals surface area contributed by atoms with Crippen molar-refractivity contribution < 1.29 is 29.3 Å². The van der Waals surface area contributed by atoms with Gasteiger partial charge in [0, 0.05) is 72.9 Å². The van der Waals surface area contributed by atoms with E-state index in [0.29, 0.717) is 24.7 Å². The molecule has 0 aromatic carbocycles. The molecule has 0 bridgehead atoms. The van der Waals surface area contributed by atoms with E-state index in [1.165, 1.54) is 38.5 Å². The molecule has 0 aliphatic carbocycles. The van der Waals surface area contributed by atoms with Gasteiger partial charge in [-0.3, -0.25) is 9.59 Å². The molecular weight excluding hydrogens is 613 g/mol. The Balaban J connectivity index is 4.22. The number of hydrogen-bond donors (Lipinski definition) is 2. The van der Waals surface area contributed by atoms with E-state index in [-0.39, 0.29) is 13.2 Å². The van der Waals surface area contributed by atoms with E-state index in [2.05, 4.69) is 0 Å². The summed E-state index contributed by atoms with van der Waals surface area (Å²) in [6.07, 6.45) is 14.9. The van der Waals surface area contributed by atoms with Gasteiger partial charge in [0.2, 0.25) is 12.8 Å². The van der Waals surface area contributed by atoms with Gasteiger partial charge in [-0.1, -0.05) is 94.5 Å². The highest BCUT2D eigenvalue weighted by atomic mass is 33.1. The molecule has 0 heterocycles. The second-order valence-corrected chi connectivity index (χ2v) is 14.9. The Hall–Kier alpha value is -0.340. The summed E-state index contributed by atoms with van der Waals surface area (Å²) < 4.78 is 10.5. The number of rotatable bonds is 31. The van der Waals surface area contributed by atoms with Crippen molar-refractivity contribution in [1.82, 2.24) is 9.80 Å². The first kappa shape index (κ1) is 41.7. The highest BCUT2D eigenvalue weighted by molar-refractivity contribution is 8.78. The van der Waals surface area contributed by atoms with Crippen LogP contribution >= 0.6 is 43.2 Å². The van der Waals surface area contributed by atoms with Gasteiger partial charge in [0.1, 0.15) is 0 Å². The molecule has 12 heteroatoms. The lowest BCUT2D eigenvalue weighted by atomic mass is 10.1. The second-order valence-electron chi connectivity index (χ2n) is 9.89. The molecule has 0 saturated heterocycles. The monoisotopic (exact) mass is 668 g/mol. The number of aliphatic hydroxyl groups excluding tert-OH is 2. The summed E-state index contributed by atoms with van der Waals surface area (Å²) in [5.74, 6) is 1.32. The second kappa shape index (κ2) is 30.7. The Labute approximate surface area is 271 Å². The molecule has 246 valence electrons. The maximum atomic E-state index is 11.7. The molecule has 0 radical (unpaired) electrons. The summed E-state index contributed by atoms with van der Waals surface area (Å²) in [5, 5.41) is 18.1. The fourth-order valence-electron chi connectivity index (χ4n) is 4.15. The van der Waals surface area contributed by atoms with E-state index < -0.39 is 0 Å². The van der Waals surface area contributed by atoms with Crippen LogP contribution in [0.15, 0.2) is 21.2 Å². The van der Waals surface area contributed by atoms with Crippen LogP contribution in [0, 0.1) is 0 Å². The number of unbranched alkanes of at least 4 members (excludes halogenated alkanes) is 9. The third kappa shape index (κ3) is 21.4. The number of carbonyl (C=O) groups is 2. The molecule has 0 rings (SSSR count). The van der Waals surface area contributed by atoms with Gasteiger partial charge in [0.25, 0.3) is 0 Å². The standard InChI is InChI=1S/C30H56N2O6S4/c1-27(29(15-21-37-3)41-39-23-19-33)31(25-35)17-13-11-9-7-5-6-8-10-12-14-18-32(26-36)28(2)30(16-22-38-4)42-40-24-20-34/h25-26,33-34H,5-24H2,1-4H3/b29-27-,30-28-. The van der Waals surface area contributed by atoms with E-state index >= 15 is 0 Å². The Bertz CT molecular complexity index is 683. The van der Waals surface area contributed by atoms with Crippen LogP contribution < -0.4 is 0 Å². The van der Waals surface area contributed by atoms with Crippen LogP contribution in [0.1, 0.15) is 90.9 Å². The van der Waals surface area contributed by atoms with E-state index in [9.17, 15) is 9.59 Å². The van der Waals surface area contributed by atoms with Crippen molar-refractivity contribution in [1.29, 1.82) is 0 Å². The number of hydrogen-bond acceptors (Lipinski definition) is 10. The lowest BCUT2D eigenvalue weighted by molar-refractivity contribution is -0.117. The minimum absolute atomic E-state index is 0.145. The molecule has 0 aromatic heterocycles. The molecule has 2 N–H and O–H groups in total. The molecule has 0 spiro atoms. The van der Waals surface area contributed by atoms with Crippen molar-refractivity contribution in [3.05, 3.63) is 21.2 Å². The van der Waals surface area contributed by atoms with Crippen LogP contribution in [0.3, 0.4) is 0 Å². The Kier molecular flexibility index (Phi) is 30.4. The Morgan fingerprint density at radius 1 is 0.619 bits per heavy atom. The predicted octanol–water partition coefficient (Wildman–Crippen LogP) is 7.09. The average molecular weight is 669 g/mol. The van der Waals surface area contributed by atoms with Crippen LogP contribution in [0.25, 0.3) is 0 Å². The molecule has 0 atom stereocenters. The Morgan fingerprint density at radius 2 is 0.952 bits per heavy atom. The first-order valence-corrected chi connectivity index (χ1v) is 19.8. The molecular formula is C30H56N2O6S4. The van der Waals surface area contributed by atoms with Gasteiger partial charge >= 0.3 is 0 Å². The summed E-state index contributed by atoms with van der Waals surface area (Å²) in [7, 11) is 9.83. The molecule has 0 aliphatic rings. The minimum Gasteiger partial charge on any atom is -0.395 e. The molecule has 0 saturated carbocycles. The van der Waals surface area contributed by atoms with Gasteiger partial charge in [0.15, 0.2) is 0 Å². The highest BCUT2D eigenvalue weighted by Gasteiger charge is 2.13. The van der Waals surface area contributed by atoms with Crippen molar-refractivity contribution in [2.45, 2.75) is 90.9 Å². The van der Waals surface area contributed by atoms with Gasteiger partial charge < -0.3 is 29.5 Å². The van der Waals surface area contributed by atoms with E-state index in [1.54, 1.807) is 57.4 Å². The first-order valence-electron chi connectivity index (χ1n) is 15.1. The zero-order valence-electron chi connectivity index (χ0n) is 26.4. The molecule has 0 fully saturated rings. The van der Waals surface area contributed by atoms with E-state index in [4.69, 9.17) is 19.7 Å². The zero-order chi connectivity index (χ0) is 31.3. The number of ether oxygens (including phenoxy) is 2. The van der Waals surface area contributed by atoms with Crippen LogP contribution in [0.5, 0.6) is 0 Å². The topological polar surface area (TPSA) is 99.5 Å². The fraction of sp³-hybridized carbons (Fsp3) is 0.800. The number of allylic oxidation sites excluding steroid dienone is 2. The molecule has 2 amide bonds. The summed E-state index contributed by atoms with van der Waals surface area (Å²) in [6.45, 7) is 6.98. The maximum absolute atomic E-state index is 11.7. The normalized spacial score (nSPS) is 12.6. The number of carbonyl (C=O) groups excluding carboxylic acids is 2. The van der Waals surface area contributed by atoms with E-state index in [0.717, 1.165) is 85.6 Å². The van der Waals surface area contributed by atoms with Crippen molar-refractivity contribution in [3.8, 4) is 0 Å². The highest BCUT2D eigenvalue weighted by Crippen LogP contribution is 2.36. The van der Waals surface area contributed by atoms with E-state index in [1.807, 2.05) is 23.6 Å². The predicted molar refractivity (Wildman–Crippen MR) is 184 cm³/mol. The summed E-state index contributed by atoms with van der Waals surface area (Å²) in [6, 6.07) is 0. The van der Waals surface area contributed by atoms with Gasteiger partial charge in [-0.15, -0.1) is 0 Å². The summed E-state index contributed by atoms with van der Waals surface area (Å²) >= 11 is 0. The number of methoxy groups -OCH3 is 2. The molecule has 0 aliphatic heterocycles. The third-order valence-corrected chi connectivity index (χ3v) is 12.0. The minimum atomic E-state index is 0.145. The molecule has 0 unspecified atom stereocenters. The van der Waals surface area contributed by atoms with Gasteiger partial charge in [-0.2, -0.15) is 0 Å². The lowest BCUT2D eigenvalue weighted by Crippen LogP contribution is -2.22. The summed E-state index contributed by atoms with van der Waals surface area (Å²) in [4.78, 5) is 29.4. The van der Waals surface area contributed by atoms with Crippen LogP contribution in [0.2, 0.25) is 0 Å². The quantitative estimate of drug-likeness (QED) is 0.0453. The van der Waals surface area contributed by atoms with Crippen molar-refractivity contribution in [2.24, 2.45) is 0 Å². The smallest absolute Gasteiger partial charge is 0.213 e. The van der Waals surface area contributed by atoms with Crippen LogP contribution in [-0.4, -0.2) is 98.1 Å². The first-order chi connectivity index (χ1) is 20.5. The summed E-state index contributed by atoms with van der Waals surface area (Å²) in [5.41, 5.74) is 1.98. The fourth-order valence-corrected chi connectivity index (χ4v) is 8.59. The van der Waals surface area contributed by atoms with Crippen LogP contribution in [0.4, 0.5) is 0 Å². The van der Waals surface area contributed by atoms with Gasteiger partial charge in [0.05, 0.1) is 26.4 Å². The third-order valence-electron chi connectivity index (χ3n) is 6.71. The van der Waals surface area contributed by atoms with Crippen LogP contribution in [-0.2, 0) is 19.1 Å². The maximum Gasteiger partial charge on any atom is 0.213 e. The average Bonchev–Trinajstić information content (AvgIpc) is 3.00. The molecule has 0 aromatic rings. The van der Waals surface area contributed by atoms with Crippen molar-refractivity contribution >= 4 is 56.0 Å². The molecule has 8 nitrogen and oxygen atoms in total. The Morgan fingerprint density at radius 3 is 1.24 bits per heavy atom. The number of aliphatic hydroxyl groups is 2. The SMILES string of the molecule is COCC/C(SSCCO)=C(\C)N(C=O)CCCCCCCCCCCCN(C=O)/C(C)=C(/CCOC)SSCCO. The lowest BCUT2D eigenvalue weighted by Gasteiger charge is -2.21. The van der Waals surface area contributed by atoms with Gasteiger partial charge in [-0.05, 0) is 26.7 Å². The van der Waals surface area contributed by atoms with Crippen molar-refractivity contribution in [2.75, 3.05) is 65.2 Å². The number of nitrogens with zero attached hydrogens (tertiary/aromatic N) is 2. The van der Waals surface area contributed by atoms with Gasteiger partial charge in [-0.25, -0.2) is 0 Å². The largest absolute Gasteiger partial charge is 0.395 e. The zero-order valence-corrected chi connectivity index (χ0v) is 29.6.